The summed E-state index contributed by atoms with van der Waals surface area (Å²) in [5.41, 5.74) is 4.00. The normalized spacial score (nSPS) is 11.7. The summed E-state index contributed by atoms with van der Waals surface area (Å²) >= 11 is 1.49. The van der Waals surface area contributed by atoms with Crippen molar-refractivity contribution in [1.29, 1.82) is 0 Å². The Balaban J connectivity index is 1.65. The summed E-state index contributed by atoms with van der Waals surface area (Å²) in [6.45, 7) is 0. The molecule has 12 heteroatoms. The van der Waals surface area contributed by atoms with Crippen LogP contribution >= 0.6 is 11.3 Å². The number of furan rings is 1. The van der Waals surface area contributed by atoms with Crippen LogP contribution in [0.5, 0.6) is 5.75 Å². The minimum Gasteiger partial charge on any atom is -0.496 e. The lowest BCUT2D eigenvalue weighted by molar-refractivity contribution is -0.341. The lowest BCUT2D eigenvalue weighted by Crippen LogP contribution is -2.25. The number of methoxy groups -OCH3 is 1. The summed E-state index contributed by atoms with van der Waals surface area (Å²) in [7, 11) is 0.764. The monoisotopic (exact) mass is 617 g/mol. The van der Waals surface area contributed by atoms with E-state index in [1.807, 2.05) is 30.5 Å². The molecule has 3 aromatic heterocycles. The molecule has 6 rings (SSSR count). The van der Waals surface area contributed by atoms with Crippen molar-refractivity contribution in [2.24, 2.45) is 0 Å². The summed E-state index contributed by atoms with van der Waals surface area (Å²) in [5.74, 6) is -0.132. The van der Waals surface area contributed by atoms with Crippen LogP contribution in [0.1, 0.15) is 10.4 Å². The van der Waals surface area contributed by atoms with E-state index < -0.39 is 21.7 Å². The zero-order valence-corrected chi connectivity index (χ0v) is 25.2. The predicted octanol–water partition coefficient (Wildman–Crippen LogP) is 5.76. The second kappa shape index (κ2) is 10.8. The van der Waals surface area contributed by atoms with Gasteiger partial charge in [-0.15, -0.1) is 0 Å². The number of amides is 1. The predicted molar refractivity (Wildman–Crippen MR) is 165 cm³/mol. The molecule has 0 aliphatic carbocycles. The minimum absolute atomic E-state index is 0.228. The molecule has 3 heterocycles. The first-order valence-electron chi connectivity index (χ1n) is 13.1. The Kier molecular flexibility index (Phi) is 7.10. The van der Waals surface area contributed by atoms with E-state index >= 15 is 0 Å². The molecule has 1 amide bonds. The molecular weight excluding hydrogens is 591 g/mol. The zero-order chi connectivity index (χ0) is 30.5. The highest BCUT2D eigenvalue weighted by molar-refractivity contribution is 7.92. The van der Waals surface area contributed by atoms with Crippen LogP contribution in [0.25, 0.3) is 54.3 Å². The molecule has 0 bridgehead atoms. The van der Waals surface area contributed by atoms with Gasteiger partial charge in [0.25, 0.3) is 10.7 Å². The number of sulfonamides is 1. The Labute approximate surface area is 250 Å². The average molecular weight is 618 g/mol. The molecule has 0 atom stereocenters. The fourth-order valence-corrected chi connectivity index (χ4v) is 6.36. The van der Waals surface area contributed by atoms with E-state index in [2.05, 4.69) is 10.3 Å². The number of aromatic nitrogens is 2. The molecular formula is C31H26FN4O5S2+. The Morgan fingerprint density at radius 2 is 1.81 bits per heavy atom. The van der Waals surface area contributed by atoms with Gasteiger partial charge < -0.3 is 14.5 Å². The first-order chi connectivity index (χ1) is 20.6. The number of hydrogen-bond acceptors (Lipinski definition) is 7. The molecule has 2 N–H and O–H groups in total. The third-order valence-electron chi connectivity index (χ3n) is 7.16. The highest BCUT2D eigenvalue weighted by atomic mass is 32.2. The smallest absolute Gasteiger partial charge is 0.287 e. The van der Waals surface area contributed by atoms with Gasteiger partial charge in [0.2, 0.25) is 10.0 Å². The number of hydrogen-bond donors (Lipinski definition) is 1. The van der Waals surface area contributed by atoms with Crippen molar-refractivity contribution in [2.75, 3.05) is 31.8 Å². The number of H-pyrrole nitrogens is 1. The number of thiazole rings is 1. The van der Waals surface area contributed by atoms with Gasteiger partial charge in [-0.1, -0.05) is 0 Å². The number of halogens is 1. The fourth-order valence-electron chi connectivity index (χ4n) is 4.93. The third-order valence-corrected chi connectivity index (χ3v) is 9.40. The Bertz CT molecular complexity index is 2110. The van der Waals surface area contributed by atoms with Gasteiger partial charge in [0.15, 0.2) is 6.20 Å². The van der Waals surface area contributed by atoms with E-state index in [1.165, 1.54) is 56.8 Å². The van der Waals surface area contributed by atoms with Crippen LogP contribution in [0, 0.1) is 5.82 Å². The molecule has 0 spiro atoms. The Morgan fingerprint density at radius 3 is 2.49 bits per heavy atom. The topological polar surface area (TPSA) is 116 Å². The molecule has 0 unspecified atom stereocenters. The number of carbonyl (C=O) groups is 1. The maximum Gasteiger partial charge on any atom is 0.287 e. The zero-order valence-electron chi connectivity index (χ0n) is 23.6. The van der Waals surface area contributed by atoms with Crippen molar-refractivity contribution in [3.05, 3.63) is 84.3 Å². The Morgan fingerprint density at radius 1 is 1.07 bits per heavy atom. The summed E-state index contributed by atoms with van der Waals surface area (Å²) in [5, 5.41) is 3.86. The number of carbonyl (C=O) groups excluding carboxylic acids is 1. The van der Waals surface area contributed by atoms with Gasteiger partial charge >= 0.3 is 0 Å². The highest BCUT2D eigenvalue weighted by Crippen LogP contribution is 2.45. The van der Waals surface area contributed by atoms with E-state index in [1.54, 1.807) is 18.2 Å². The molecule has 43 heavy (non-hydrogen) atoms. The largest absolute Gasteiger partial charge is 0.496 e. The number of benzene rings is 3. The van der Waals surface area contributed by atoms with Gasteiger partial charge in [-0.25, -0.2) is 22.8 Å². The summed E-state index contributed by atoms with van der Waals surface area (Å²) < 4.78 is 52.4. The van der Waals surface area contributed by atoms with E-state index in [0.717, 1.165) is 31.5 Å². The Hall–Kier alpha value is -4.81. The molecule has 9 nitrogen and oxygen atoms in total. The summed E-state index contributed by atoms with van der Waals surface area (Å²) in [6, 6.07) is 18.3. The molecule has 218 valence electrons. The second-order valence-electron chi connectivity index (χ2n) is 9.81. The SMILES string of the molecule is CNC(=O)c1c(-c2ccc(F)cc2)oc2cc(N(C)S(C)(=O)=O)c(-c3cc(-c4nc5ccc[nH+]c5s4)ccc3OC)cc12. The maximum atomic E-state index is 13.7. The standard InChI is InChI=1S/C31H25FN4O5S2/c1-33-29(37)27-22-15-20(21-14-18(9-12-25(21)40-3)30-35-23-6-5-13-34-31(23)42-30)24(36(2)43(4,38)39)16-26(22)41-28(27)17-7-10-19(32)11-8-17/h5-16H,1-4H3,(H,33,37)/p+1. The molecule has 0 saturated carbocycles. The van der Waals surface area contributed by atoms with Gasteiger partial charge in [0, 0.05) is 53.9 Å². The first-order valence-corrected chi connectivity index (χ1v) is 15.7. The number of rotatable bonds is 7. The number of nitrogens with zero attached hydrogens (tertiary/aromatic N) is 2. The van der Waals surface area contributed by atoms with Crippen molar-refractivity contribution in [3.8, 4) is 38.8 Å². The van der Waals surface area contributed by atoms with Crippen molar-refractivity contribution in [1.82, 2.24) is 10.3 Å². The third kappa shape index (κ3) is 5.08. The lowest BCUT2D eigenvalue weighted by Gasteiger charge is -2.22. The summed E-state index contributed by atoms with van der Waals surface area (Å²) in [4.78, 5) is 22.1. The molecule has 0 fully saturated rings. The number of pyridine rings is 1. The van der Waals surface area contributed by atoms with Gasteiger partial charge in [-0.3, -0.25) is 9.10 Å². The molecule has 6 aromatic rings. The first kappa shape index (κ1) is 28.3. The van der Waals surface area contributed by atoms with Gasteiger partial charge in [-0.05, 0) is 65.9 Å². The summed E-state index contributed by atoms with van der Waals surface area (Å²) in [6.07, 6.45) is 2.94. The van der Waals surface area contributed by atoms with Crippen LogP contribution in [0.15, 0.2) is 77.3 Å². The molecule has 3 aromatic carbocycles. The average Bonchev–Trinajstić information content (AvgIpc) is 3.61. The molecule has 0 radical (unpaired) electrons. The van der Waals surface area contributed by atoms with Crippen LogP contribution < -0.4 is 19.3 Å². The number of ether oxygens (including phenoxy) is 1. The molecule has 0 aliphatic heterocycles. The maximum absolute atomic E-state index is 13.7. The van der Waals surface area contributed by atoms with Crippen LogP contribution in [0.2, 0.25) is 0 Å². The van der Waals surface area contributed by atoms with E-state index in [9.17, 15) is 17.6 Å². The minimum atomic E-state index is -3.72. The number of nitrogens with one attached hydrogen (secondary N) is 2. The van der Waals surface area contributed by atoms with Crippen LogP contribution in [0.4, 0.5) is 10.1 Å². The van der Waals surface area contributed by atoms with Crippen molar-refractivity contribution < 1.29 is 31.7 Å². The van der Waals surface area contributed by atoms with Crippen molar-refractivity contribution in [2.45, 2.75) is 0 Å². The van der Waals surface area contributed by atoms with Gasteiger partial charge in [-0.2, -0.15) is 0 Å². The van der Waals surface area contributed by atoms with E-state index in [-0.39, 0.29) is 16.9 Å². The molecule has 0 aliphatic rings. The van der Waals surface area contributed by atoms with E-state index in [4.69, 9.17) is 14.1 Å². The van der Waals surface area contributed by atoms with Crippen LogP contribution in [-0.2, 0) is 10.0 Å². The lowest BCUT2D eigenvalue weighted by atomic mass is 9.96. The highest BCUT2D eigenvalue weighted by Gasteiger charge is 2.27. The quantitative estimate of drug-likeness (QED) is 0.244. The number of anilines is 1. The van der Waals surface area contributed by atoms with Crippen molar-refractivity contribution in [3.63, 3.8) is 0 Å². The van der Waals surface area contributed by atoms with Crippen LogP contribution in [-0.4, -0.2) is 46.8 Å². The van der Waals surface area contributed by atoms with Crippen molar-refractivity contribution >= 4 is 54.3 Å². The van der Waals surface area contributed by atoms with Gasteiger partial charge in [0.1, 0.15) is 33.4 Å². The fraction of sp³-hybridized carbons (Fsp3) is 0.129. The second-order valence-corrected chi connectivity index (χ2v) is 12.8. The number of aromatic amines is 1. The number of fused-ring (bicyclic) bond motifs is 2. The van der Waals surface area contributed by atoms with Gasteiger partial charge in [0.05, 0.1) is 24.6 Å². The van der Waals surface area contributed by atoms with E-state index in [0.29, 0.717) is 33.5 Å². The molecule has 0 saturated heterocycles. The van der Waals surface area contributed by atoms with Crippen LogP contribution in [0.3, 0.4) is 0 Å².